The van der Waals surface area contributed by atoms with Crippen LogP contribution < -0.4 is 4.90 Å². The highest BCUT2D eigenvalue weighted by molar-refractivity contribution is 5.79. The molecule has 0 saturated carbocycles. The Labute approximate surface area is 201 Å². The van der Waals surface area contributed by atoms with Crippen molar-refractivity contribution in [3.05, 3.63) is 70.3 Å². The minimum Gasteiger partial charge on any atom is -0.372 e. The zero-order valence-corrected chi connectivity index (χ0v) is 21.1. The highest BCUT2D eigenvalue weighted by Crippen LogP contribution is 2.47. The van der Waals surface area contributed by atoms with Gasteiger partial charge in [0.15, 0.2) is 0 Å². The fourth-order valence-electron chi connectivity index (χ4n) is 5.34. The van der Waals surface area contributed by atoms with Crippen LogP contribution in [-0.4, -0.2) is 19.3 Å². The molecule has 2 aromatic rings. The third kappa shape index (κ3) is 4.77. The Hall–Kier alpha value is -2.27. The van der Waals surface area contributed by atoms with Crippen LogP contribution >= 0.6 is 0 Å². The van der Waals surface area contributed by atoms with Crippen molar-refractivity contribution in [1.82, 2.24) is 0 Å². The second-order valence-electron chi connectivity index (χ2n) is 10.9. The van der Waals surface area contributed by atoms with E-state index in [1.807, 2.05) is 24.3 Å². The van der Waals surface area contributed by atoms with Gasteiger partial charge in [0, 0.05) is 18.8 Å². The van der Waals surface area contributed by atoms with Crippen LogP contribution in [-0.2, 0) is 10.2 Å². The molecule has 2 aliphatic rings. The first-order chi connectivity index (χ1) is 15.9. The van der Waals surface area contributed by atoms with Gasteiger partial charge >= 0.3 is 6.18 Å². The van der Waals surface area contributed by atoms with Gasteiger partial charge in [-0.1, -0.05) is 51.1 Å². The van der Waals surface area contributed by atoms with E-state index >= 15 is 0 Å². The van der Waals surface area contributed by atoms with Crippen molar-refractivity contribution in [2.75, 3.05) is 18.0 Å². The Morgan fingerprint density at radius 3 is 2.12 bits per heavy atom. The number of hydrogen-bond donors (Lipinski definition) is 0. The highest BCUT2D eigenvalue weighted by Gasteiger charge is 2.41. The van der Waals surface area contributed by atoms with Gasteiger partial charge in [-0.2, -0.15) is 13.2 Å². The molecule has 1 fully saturated rings. The van der Waals surface area contributed by atoms with Gasteiger partial charge < -0.3 is 9.64 Å². The summed E-state index contributed by atoms with van der Waals surface area (Å²) in [7, 11) is 0. The summed E-state index contributed by atoms with van der Waals surface area (Å²) < 4.78 is 45.5. The number of nitrogens with zero attached hydrogens (tertiary/aromatic N) is 1. The third-order valence-electron chi connectivity index (χ3n) is 7.57. The van der Waals surface area contributed by atoms with Crippen molar-refractivity contribution in [3.8, 4) is 0 Å². The van der Waals surface area contributed by atoms with Gasteiger partial charge in [-0.25, -0.2) is 0 Å². The lowest BCUT2D eigenvalue weighted by Gasteiger charge is -2.34. The van der Waals surface area contributed by atoms with E-state index < -0.39 is 12.1 Å². The van der Waals surface area contributed by atoms with Gasteiger partial charge in [0.05, 0.1) is 12.0 Å². The largest absolute Gasteiger partial charge is 0.391 e. The summed E-state index contributed by atoms with van der Waals surface area (Å²) in [5.74, 6) is -1.18. The number of fused-ring (bicyclic) bond motifs is 1. The number of hydrogen-bond acceptors (Lipinski definition) is 2. The van der Waals surface area contributed by atoms with Gasteiger partial charge in [0.1, 0.15) is 6.10 Å². The maximum atomic E-state index is 13.0. The summed E-state index contributed by atoms with van der Waals surface area (Å²) in [6.45, 7) is 14.0. The number of halogens is 3. The monoisotopic (exact) mass is 471 g/mol. The lowest BCUT2D eigenvalue weighted by molar-refractivity contribution is -0.179. The second-order valence-corrected chi connectivity index (χ2v) is 10.9. The molecule has 2 aromatic carbocycles. The summed E-state index contributed by atoms with van der Waals surface area (Å²) in [6, 6.07) is 14.6. The van der Waals surface area contributed by atoms with E-state index in [1.165, 1.54) is 27.8 Å². The van der Waals surface area contributed by atoms with Crippen LogP contribution in [0.4, 0.5) is 18.9 Å². The SMILES string of the molecule is CC1=C(C)C(O[C@H](C)c2ccc(N3CCC(C(F)(F)F)CC3)cc2)c2cccc(C(C)(C)C)c21. The zero-order valence-electron chi connectivity index (χ0n) is 21.1. The van der Waals surface area contributed by atoms with Crippen molar-refractivity contribution in [2.24, 2.45) is 5.92 Å². The maximum Gasteiger partial charge on any atom is 0.391 e. The molecule has 0 amide bonds. The van der Waals surface area contributed by atoms with Gasteiger partial charge in [-0.05, 0) is 84.6 Å². The summed E-state index contributed by atoms with van der Waals surface area (Å²) in [5, 5.41) is 0. The molecule has 0 bridgehead atoms. The first-order valence-electron chi connectivity index (χ1n) is 12.3. The smallest absolute Gasteiger partial charge is 0.372 e. The molecule has 2 nitrogen and oxygen atoms in total. The van der Waals surface area contributed by atoms with Crippen LogP contribution in [0.2, 0.25) is 0 Å². The van der Waals surface area contributed by atoms with Crippen molar-refractivity contribution in [1.29, 1.82) is 0 Å². The molecule has 1 unspecified atom stereocenters. The predicted octanol–water partition coefficient (Wildman–Crippen LogP) is 8.39. The predicted molar refractivity (Wildman–Crippen MR) is 133 cm³/mol. The molecule has 1 aliphatic heterocycles. The average Bonchev–Trinajstić information content (AvgIpc) is 3.03. The van der Waals surface area contributed by atoms with E-state index in [0.717, 1.165) is 11.3 Å². The van der Waals surface area contributed by atoms with Crippen LogP contribution in [0.1, 0.15) is 88.8 Å². The van der Waals surface area contributed by atoms with Gasteiger partial charge in [0.2, 0.25) is 0 Å². The van der Waals surface area contributed by atoms with Crippen LogP contribution in [0.15, 0.2) is 48.0 Å². The lowest BCUT2D eigenvalue weighted by Crippen LogP contribution is -2.38. The van der Waals surface area contributed by atoms with Gasteiger partial charge in [0.25, 0.3) is 0 Å². The van der Waals surface area contributed by atoms with Crippen molar-refractivity contribution >= 4 is 11.3 Å². The van der Waals surface area contributed by atoms with E-state index in [-0.39, 0.29) is 30.5 Å². The van der Waals surface area contributed by atoms with Crippen LogP contribution in [0, 0.1) is 5.92 Å². The van der Waals surface area contributed by atoms with Crippen molar-refractivity contribution < 1.29 is 17.9 Å². The molecule has 1 saturated heterocycles. The third-order valence-corrected chi connectivity index (χ3v) is 7.57. The fraction of sp³-hybridized carbons (Fsp3) is 0.517. The molecule has 0 spiro atoms. The molecule has 34 heavy (non-hydrogen) atoms. The molecule has 0 radical (unpaired) electrons. The summed E-state index contributed by atoms with van der Waals surface area (Å²) in [5.41, 5.74) is 8.56. The molecule has 0 N–H and O–H groups in total. The average molecular weight is 472 g/mol. The Morgan fingerprint density at radius 2 is 1.56 bits per heavy atom. The van der Waals surface area contributed by atoms with Gasteiger partial charge in [-0.15, -0.1) is 0 Å². The Kier molecular flexibility index (Phi) is 6.63. The molecule has 2 atom stereocenters. The zero-order chi connectivity index (χ0) is 24.8. The fourth-order valence-corrected chi connectivity index (χ4v) is 5.34. The lowest BCUT2D eigenvalue weighted by atomic mass is 9.81. The quantitative estimate of drug-likeness (QED) is 0.444. The number of allylic oxidation sites excluding steroid dienone is 1. The maximum absolute atomic E-state index is 13.0. The first kappa shape index (κ1) is 24.8. The van der Waals surface area contributed by atoms with Crippen molar-refractivity contribution in [3.63, 3.8) is 0 Å². The van der Waals surface area contributed by atoms with Gasteiger partial charge in [-0.3, -0.25) is 0 Å². The van der Waals surface area contributed by atoms with E-state index in [2.05, 4.69) is 64.6 Å². The van der Waals surface area contributed by atoms with E-state index in [0.29, 0.717) is 13.1 Å². The van der Waals surface area contributed by atoms with Crippen LogP contribution in [0.5, 0.6) is 0 Å². The number of alkyl halides is 3. The van der Waals surface area contributed by atoms with Crippen LogP contribution in [0.25, 0.3) is 5.57 Å². The molecule has 1 aliphatic carbocycles. The van der Waals surface area contributed by atoms with E-state index in [1.54, 1.807) is 0 Å². The minimum atomic E-state index is -4.08. The highest BCUT2D eigenvalue weighted by atomic mass is 19.4. The summed E-state index contributed by atoms with van der Waals surface area (Å²) in [4.78, 5) is 2.05. The molecule has 4 rings (SSSR count). The number of benzene rings is 2. The number of rotatable bonds is 4. The standard InChI is InChI=1S/C29H36F3NO/c1-18-19(2)27(24-8-7-9-25(26(18)24)28(4,5)6)34-20(3)21-10-12-23(13-11-21)33-16-14-22(15-17-33)29(30,31)32/h7-13,20,22,27H,14-17H2,1-6H3/t20-,27?/m1/s1. The number of ether oxygens (including phenoxy) is 1. The molecule has 184 valence electrons. The Morgan fingerprint density at radius 1 is 0.941 bits per heavy atom. The first-order valence-corrected chi connectivity index (χ1v) is 12.3. The number of piperidine rings is 1. The molecular weight excluding hydrogens is 435 g/mol. The van der Waals surface area contributed by atoms with E-state index in [9.17, 15) is 13.2 Å². The Bertz CT molecular complexity index is 1050. The van der Waals surface area contributed by atoms with Crippen molar-refractivity contribution in [2.45, 2.75) is 78.2 Å². The topological polar surface area (TPSA) is 12.5 Å². The second kappa shape index (κ2) is 9.07. The molecular formula is C29H36F3NO. The molecule has 0 aromatic heterocycles. The molecule has 1 heterocycles. The molecule has 5 heteroatoms. The summed E-state index contributed by atoms with van der Waals surface area (Å²) in [6.07, 6.45) is -3.95. The minimum absolute atomic E-state index is 0.0534. The summed E-state index contributed by atoms with van der Waals surface area (Å²) >= 11 is 0. The Balaban J connectivity index is 1.47. The van der Waals surface area contributed by atoms with Crippen LogP contribution in [0.3, 0.4) is 0 Å². The van der Waals surface area contributed by atoms with E-state index in [4.69, 9.17) is 4.74 Å². The normalized spacial score (nSPS) is 20.6. The number of anilines is 1.